The summed E-state index contributed by atoms with van der Waals surface area (Å²) in [5.74, 6) is 1.54. The number of benzene rings is 2. The zero-order valence-electron chi connectivity index (χ0n) is 14.2. The van der Waals surface area contributed by atoms with E-state index in [-0.39, 0.29) is 5.75 Å². The van der Waals surface area contributed by atoms with Crippen molar-refractivity contribution in [1.29, 1.82) is 0 Å². The van der Waals surface area contributed by atoms with Gasteiger partial charge in [-0.25, -0.2) is 0 Å². The number of anilines is 1. The maximum absolute atomic E-state index is 9.82. The van der Waals surface area contributed by atoms with Gasteiger partial charge in [0, 0.05) is 22.6 Å². The van der Waals surface area contributed by atoms with Crippen LogP contribution in [0.4, 0.5) is 5.69 Å². The maximum atomic E-state index is 9.82. The highest BCUT2D eigenvalue weighted by Gasteiger charge is 2.26. The molecule has 0 fully saturated rings. The average molecular weight is 366 g/mol. The molecule has 1 unspecified atom stereocenters. The lowest BCUT2D eigenvalue weighted by Gasteiger charge is -2.19. The van der Waals surface area contributed by atoms with Crippen molar-refractivity contribution >= 4 is 17.4 Å². The Morgan fingerprint density at radius 1 is 1.15 bits per heavy atom. The van der Waals surface area contributed by atoms with Crippen LogP contribution in [0.15, 0.2) is 53.7 Å². The summed E-state index contributed by atoms with van der Waals surface area (Å²) < 4.78 is 6.15. The van der Waals surface area contributed by atoms with Crippen molar-refractivity contribution in [2.24, 2.45) is 0 Å². The molecule has 2 heterocycles. The van der Waals surface area contributed by atoms with Gasteiger partial charge >= 0.3 is 0 Å². The third kappa shape index (κ3) is 3.30. The van der Waals surface area contributed by atoms with Crippen LogP contribution >= 0.6 is 11.8 Å². The quantitative estimate of drug-likeness (QED) is 0.668. The van der Waals surface area contributed by atoms with E-state index in [9.17, 15) is 5.11 Å². The molecule has 6 nitrogen and oxygen atoms in total. The van der Waals surface area contributed by atoms with E-state index in [4.69, 9.17) is 4.74 Å². The lowest BCUT2D eigenvalue weighted by Crippen LogP contribution is -2.17. The number of phenolic OH excluding ortho intramolecular Hbond substituents is 1. The van der Waals surface area contributed by atoms with Gasteiger partial charge in [0.05, 0.1) is 0 Å². The Balaban J connectivity index is 1.79. The van der Waals surface area contributed by atoms with Crippen LogP contribution in [0.1, 0.15) is 25.1 Å². The van der Waals surface area contributed by atoms with Crippen LogP contribution in [-0.4, -0.2) is 26.0 Å². The zero-order valence-corrected chi connectivity index (χ0v) is 15.0. The summed E-state index contributed by atoms with van der Waals surface area (Å²) in [6, 6.07) is 14.8. The van der Waals surface area contributed by atoms with Gasteiger partial charge < -0.3 is 15.2 Å². The monoisotopic (exact) mass is 366 g/mol. The summed E-state index contributed by atoms with van der Waals surface area (Å²) in [6.45, 7) is 2.11. The minimum atomic E-state index is -0.495. The number of ether oxygens (including phenoxy) is 1. The van der Waals surface area contributed by atoms with Crippen molar-refractivity contribution < 1.29 is 9.84 Å². The summed E-state index contributed by atoms with van der Waals surface area (Å²) >= 11 is 1.56. The predicted molar refractivity (Wildman–Crippen MR) is 101 cm³/mol. The minimum Gasteiger partial charge on any atom is -0.508 e. The number of nitrogens with one attached hydrogen (secondary N) is 1. The first-order chi connectivity index (χ1) is 12.7. The zero-order chi connectivity index (χ0) is 17.9. The largest absolute Gasteiger partial charge is 0.508 e. The second-order valence-corrected chi connectivity index (χ2v) is 6.94. The molecule has 7 heteroatoms. The first-order valence-corrected chi connectivity index (χ1v) is 9.42. The number of thioether (sulfide) groups is 1. The maximum Gasteiger partial charge on any atom is 0.247 e. The fourth-order valence-corrected chi connectivity index (χ4v) is 3.37. The number of fused-ring (bicyclic) bond motifs is 3. The molecule has 3 aromatic rings. The van der Waals surface area contributed by atoms with E-state index >= 15 is 0 Å². The summed E-state index contributed by atoms with van der Waals surface area (Å²) in [5, 5.41) is 22.4. The second kappa shape index (κ2) is 7.21. The normalized spacial score (nSPS) is 15.2. The molecule has 2 N–H and O–H groups in total. The lowest BCUT2D eigenvalue weighted by molar-refractivity contribution is 0.225. The Labute approximate surface area is 155 Å². The van der Waals surface area contributed by atoms with Crippen molar-refractivity contribution in [3.63, 3.8) is 0 Å². The van der Waals surface area contributed by atoms with Crippen LogP contribution in [0, 0.1) is 0 Å². The van der Waals surface area contributed by atoms with E-state index in [1.54, 1.807) is 30.0 Å². The van der Waals surface area contributed by atoms with Gasteiger partial charge in [-0.2, -0.15) is 4.98 Å². The van der Waals surface area contributed by atoms with Crippen LogP contribution in [0.3, 0.4) is 0 Å². The molecule has 0 amide bonds. The van der Waals surface area contributed by atoms with E-state index < -0.39 is 6.23 Å². The van der Waals surface area contributed by atoms with Crippen molar-refractivity contribution in [1.82, 2.24) is 15.2 Å². The van der Waals surface area contributed by atoms with Gasteiger partial charge in [-0.05, 0) is 24.6 Å². The molecule has 2 aromatic carbocycles. The van der Waals surface area contributed by atoms with E-state index in [0.717, 1.165) is 29.0 Å². The van der Waals surface area contributed by atoms with Crippen LogP contribution < -0.4 is 10.1 Å². The van der Waals surface area contributed by atoms with Crippen molar-refractivity contribution in [2.45, 2.75) is 24.7 Å². The Bertz CT molecular complexity index is 935. The van der Waals surface area contributed by atoms with Crippen LogP contribution in [0.25, 0.3) is 11.3 Å². The Morgan fingerprint density at radius 3 is 2.88 bits per heavy atom. The van der Waals surface area contributed by atoms with Gasteiger partial charge in [-0.15, -0.1) is 10.2 Å². The average Bonchev–Trinajstić information content (AvgIpc) is 2.83. The van der Waals surface area contributed by atoms with E-state index in [1.165, 1.54) is 0 Å². The smallest absolute Gasteiger partial charge is 0.247 e. The fraction of sp³-hybridized carbons (Fsp3) is 0.211. The molecular weight excluding hydrogens is 348 g/mol. The molecule has 26 heavy (non-hydrogen) atoms. The molecule has 132 valence electrons. The SMILES string of the molecule is CCCSc1nnc2c(n1)OC(c1cccc(O)c1)Nc1ccccc1-2. The number of rotatable bonds is 4. The molecule has 0 aliphatic carbocycles. The number of nitrogens with zero attached hydrogens (tertiary/aromatic N) is 3. The number of hydrogen-bond donors (Lipinski definition) is 2. The number of aromatic nitrogens is 3. The molecular formula is C19H18N4O2S. The Hall–Kier alpha value is -2.80. The predicted octanol–water partition coefficient (Wildman–Crippen LogP) is 4.25. The first-order valence-electron chi connectivity index (χ1n) is 8.43. The number of phenols is 1. The van der Waals surface area contributed by atoms with Gasteiger partial charge in [0.25, 0.3) is 0 Å². The highest BCUT2D eigenvalue weighted by atomic mass is 32.2. The molecule has 1 atom stereocenters. The van der Waals surface area contributed by atoms with Gasteiger partial charge in [-0.3, -0.25) is 0 Å². The van der Waals surface area contributed by atoms with Crippen molar-refractivity contribution in [3.05, 3.63) is 54.1 Å². The summed E-state index contributed by atoms with van der Waals surface area (Å²) in [6.07, 6.45) is 0.535. The summed E-state index contributed by atoms with van der Waals surface area (Å²) in [5.41, 5.74) is 3.17. The van der Waals surface area contributed by atoms with E-state index in [1.807, 2.05) is 30.3 Å². The molecule has 1 aliphatic heterocycles. The van der Waals surface area contributed by atoms with Gasteiger partial charge in [0.1, 0.15) is 5.75 Å². The van der Waals surface area contributed by atoms with E-state index in [2.05, 4.69) is 27.4 Å². The fourth-order valence-electron chi connectivity index (χ4n) is 2.74. The molecule has 0 saturated carbocycles. The van der Waals surface area contributed by atoms with Crippen LogP contribution in [-0.2, 0) is 0 Å². The van der Waals surface area contributed by atoms with Crippen molar-refractivity contribution in [3.8, 4) is 22.9 Å². The van der Waals surface area contributed by atoms with Crippen LogP contribution in [0.5, 0.6) is 11.6 Å². The second-order valence-electron chi connectivity index (χ2n) is 5.88. The highest BCUT2D eigenvalue weighted by molar-refractivity contribution is 7.99. The molecule has 0 bridgehead atoms. The molecule has 4 rings (SSSR count). The molecule has 1 aliphatic rings. The van der Waals surface area contributed by atoms with Crippen LogP contribution in [0.2, 0.25) is 0 Å². The van der Waals surface area contributed by atoms with E-state index in [0.29, 0.717) is 16.7 Å². The topological polar surface area (TPSA) is 80.2 Å². The molecule has 0 spiro atoms. The Kier molecular flexibility index (Phi) is 4.62. The minimum absolute atomic E-state index is 0.186. The third-order valence-electron chi connectivity index (χ3n) is 3.94. The summed E-state index contributed by atoms with van der Waals surface area (Å²) in [4.78, 5) is 4.57. The van der Waals surface area contributed by atoms with Gasteiger partial charge in [-0.1, -0.05) is 49.0 Å². The van der Waals surface area contributed by atoms with Gasteiger partial charge in [0.2, 0.25) is 11.0 Å². The first kappa shape index (κ1) is 16.7. The van der Waals surface area contributed by atoms with Gasteiger partial charge in [0.15, 0.2) is 11.9 Å². The molecule has 1 aromatic heterocycles. The van der Waals surface area contributed by atoms with Crippen molar-refractivity contribution in [2.75, 3.05) is 11.1 Å². The summed E-state index contributed by atoms with van der Waals surface area (Å²) in [7, 11) is 0. The Morgan fingerprint density at radius 2 is 2.04 bits per heavy atom. The number of hydrogen-bond acceptors (Lipinski definition) is 7. The number of aromatic hydroxyl groups is 1. The third-order valence-corrected chi connectivity index (χ3v) is 4.99. The highest BCUT2D eigenvalue weighted by Crippen LogP contribution is 2.39. The standard InChI is InChI=1S/C19H18N4O2S/c1-2-10-26-19-21-18-16(22-23-19)14-8-3-4-9-15(14)20-17(25-18)12-6-5-7-13(24)11-12/h3-9,11,17,20,24H,2,10H2,1H3. The molecule has 0 saturated heterocycles. The number of para-hydroxylation sites is 1. The molecule has 0 radical (unpaired) electrons. The lowest BCUT2D eigenvalue weighted by atomic mass is 10.1.